The molecular weight excluding hydrogens is 346 g/mol. The minimum atomic E-state index is -0.756. The fourth-order valence-corrected chi connectivity index (χ4v) is 2.47. The molecule has 9 heteroatoms. The fraction of sp³-hybridized carbons (Fsp3) is 0.438. The van der Waals surface area contributed by atoms with Gasteiger partial charge < -0.3 is 13.9 Å². The number of carbonyl (C=O) groups is 2. The Balaban J connectivity index is 2.09. The average molecular weight is 367 g/mol. The molecule has 0 aliphatic heterocycles. The second-order valence-electron chi connectivity index (χ2n) is 5.69. The maximum absolute atomic E-state index is 12.2. The first-order chi connectivity index (χ1) is 11.8. The van der Waals surface area contributed by atoms with Gasteiger partial charge in [-0.1, -0.05) is 6.07 Å². The lowest BCUT2D eigenvalue weighted by Crippen LogP contribution is -2.47. The summed E-state index contributed by atoms with van der Waals surface area (Å²) in [4.78, 5) is 29.0. The van der Waals surface area contributed by atoms with Gasteiger partial charge in [0.25, 0.3) is 0 Å². The Morgan fingerprint density at radius 2 is 2.00 bits per heavy atom. The first-order valence-electron chi connectivity index (χ1n) is 7.79. The zero-order valence-electron chi connectivity index (χ0n) is 14.5. The maximum Gasteiger partial charge on any atom is 0.429 e. The Bertz CT molecular complexity index is 696. The molecule has 0 radical (unpaired) electrons. The van der Waals surface area contributed by atoms with Crippen molar-refractivity contribution in [1.82, 2.24) is 15.4 Å². The SMILES string of the molecule is CC(C)OC(=O)NN(Cc1cnc(-c2cccs2)o1)C(=O)OC(C)C. The summed E-state index contributed by atoms with van der Waals surface area (Å²) in [6.45, 7) is 6.80. The highest BCUT2D eigenvalue weighted by atomic mass is 32.1. The highest BCUT2D eigenvalue weighted by Crippen LogP contribution is 2.24. The van der Waals surface area contributed by atoms with E-state index in [4.69, 9.17) is 13.9 Å². The Kier molecular flexibility index (Phi) is 6.40. The van der Waals surface area contributed by atoms with Crippen molar-refractivity contribution in [2.24, 2.45) is 0 Å². The molecular formula is C16H21N3O5S. The first kappa shape index (κ1) is 18.8. The minimum Gasteiger partial charge on any atom is -0.446 e. The van der Waals surface area contributed by atoms with Crippen LogP contribution in [0.1, 0.15) is 33.5 Å². The van der Waals surface area contributed by atoms with Gasteiger partial charge in [-0.2, -0.15) is 0 Å². The Labute approximate surface area is 149 Å². The molecule has 1 N–H and O–H groups in total. The van der Waals surface area contributed by atoms with E-state index in [0.717, 1.165) is 9.89 Å². The van der Waals surface area contributed by atoms with Gasteiger partial charge in [-0.15, -0.1) is 11.3 Å². The van der Waals surface area contributed by atoms with E-state index in [1.807, 2.05) is 17.5 Å². The maximum atomic E-state index is 12.2. The second kappa shape index (κ2) is 8.52. The number of aromatic nitrogens is 1. The molecule has 0 bridgehead atoms. The number of oxazole rings is 1. The van der Waals surface area contributed by atoms with Gasteiger partial charge >= 0.3 is 12.2 Å². The van der Waals surface area contributed by atoms with Crippen molar-refractivity contribution >= 4 is 23.5 Å². The van der Waals surface area contributed by atoms with Gasteiger partial charge in [0.05, 0.1) is 23.3 Å². The number of thiophene rings is 1. The van der Waals surface area contributed by atoms with Crippen LogP contribution in [0.3, 0.4) is 0 Å². The molecule has 8 nitrogen and oxygen atoms in total. The largest absolute Gasteiger partial charge is 0.446 e. The predicted octanol–water partition coefficient (Wildman–Crippen LogP) is 3.80. The fourth-order valence-electron chi connectivity index (χ4n) is 1.82. The van der Waals surface area contributed by atoms with Crippen molar-refractivity contribution in [2.75, 3.05) is 0 Å². The number of amides is 2. The van der Waals surface area contributed by atoms with E-state index >= 15 is 0 Å². The number of carbonyl (C=O) groups excluding carboxylic acids is 2. The van der Waals surface area contributed by atoms with Gasteiger partial charge in [0.2, 0.25) is 5.89 Å². The zero-order valence-corrected chi connectivity index (χ0v) is 15.3. The molecule has 0 saturated heterocycles. The molecule has 2 heterocycles. The summed E-state index contributed by atoms with van der Waals surface area (Å²) in [6.07, 6.45) is -0.633. The van der Waals surface area contributed by atoms with Crippen LogP contribution in [0.25, 0.3) is 10.8 Å². The molecule has 0 saturated carbocycles. The molecule has 0 atom stereocenters. The van der Waals surface area contributed by atoms with Crippen LogP contribution in [0, 0.1) is 0 Å². The van der Waals surface area contributed by atoms with Crippen LogP contribution < -0.4 is 5.43 Å². The van der Waals surface area contributed by atoms with Crippen molar-refractivity contribution in [1.29, 1.82) is 0 Å². The van der Waals surface area contributed by atoms with Crippen molar-refractivity contribution in [3.8, 4) is 10.8 Å². The normalized spacial score (nSPS) is 10.8. The van der Waals surface area contributed by atoms with Crippen molar-refractivity contribution in [2.45, 2.75) is 46.4 Å². The van der Waals surface area contributed by atoms with E-state index in [1.54, 1.807) is 27.7 Å². The molecule has 0 unspecified atom stereocenters. The van der Waals surface area contributed by atoms with E-state index in [2.05, 4.69) is 10.4 Å². The van der Waals surface area contributed by atoms with Gasteiger partial charge in [-0.3, -0.25) is 0 Å². The van der Waals surface area contributed by atoms with Gasteiger partial charge in [0.15, 0.2) is 0 Å². The molecule has 0 aliphatic carbocycles. The van der Waals surface area contributed by atoms with Crippen LogP contribution in [-0.2, 0) is 16.0 Å². The quantitative estimate of drug-likeness (QED) is 0.808. The van der Waals surface area contributed by atoms with Crippen LogP contribution in [0.5, 0.6) is 0 Å². The Morgan fingerprint density at radius 1 is 1.28 bits per heavy atom. The number of rotatable bonds is 5. The summed E-state index contributed by atoms with van der Waals surface area (Å²) < 4.78 is 15.8. The number of hydrazine groups is 1. The molecule has 0 aliphatic rings. The number of hydrogen-bond acceptors (Lipinski definition) is 7. The van der Waals surface area contributed by atoms with Crippen molar-refractivity contribution < 1.29 is 23.5 Å². The minimum absolute atomic E-state index is 0.0445. The topological polar surface area (TPSA) is 93.9 Å². The molecule has 25 heavy (non-hydrogen) atoms. The number of hydrogen-bond donors (Lipinski definition) is 1. The average Bonchev–Trinajstić information content (AvgIpc) is 3.15. The van der Waals surface area contributed by atoms with E-state index in [1.165, 1.54) is 17.5 Å². The molecule has 2 aromatic heterocycles. The third-order valence-electron chi connectivity index (χ3n) is 2.73. The number of nitrogens with zero attached hydrogens (tertiary/aromatic N) is 2. The van der Waals surface area contributed by atoms with Crippen LogP contribution in [0.2, 0.25) is 0 Å². The van der Waals surface area contributed by atoms with Crippen molar-refractivity contribution in [3.63, 3.8) is 0 Å². The molecule has 2 rings (SSSR count). The summed E-state index contributed by atoms with van der Waals surface area (Å²) >= 11 is 1.49. The van der Waals surface area contributed by atoms with Crippen molar-refractivity contribution in [3.05, 3.63) is 29.5 Å². The molecule has 136 valence electrons. The second-order valence-corrected chi connectivity index (χ2v) is 6.64. The van der Waals surface area contributed by atoms with Gasteiger partial charge in [-0.05, 0) is 39.1 Å². The summed E-state index contributed by atoms with van der Waals surface area (Å²) in [6, 6.07) is 3.77. The lowest BCUT2D eigenvalue weighted by atomic mass is 10.5. The highest BCUT2D eigenvalue weighted by Gasteiger charge is 2.22. The van der Waals surface area contributed by atoms with E-state index in [9.17, 15) is 9.59 Å². The third-order valence-corrected chi connectivity index (χ3v) is 3.58. The van der Waals surface area contributed by atoms with Crippen LogP contribution >= 0.6 is 11.3 Å². The van der Waals surface area contributed by atoms with E-state index < -0.39 is 12.2 Å². The van der Waals surface area contributed by atoms with Gasteiger partial charge in [0.1, 0.15) is 12.3 Å². The monoisotopic (exact) mass is 367 g/mol. The van der Waals surface area contributed by atoms with Crippen LogP contribution in [0.4, 0.5) is 9.59 Å². The van der Waals surface area contributed by atoms with Crippen LogP contribution in [-0.4, -0.2) is 34.4 Å². The zero-order chi connectivity index (χ0) is 18.4. The summed E-state index contributed by atoms with van der Waals surface area (Å²) in [5, 5.41) is 2.90. The first-order valence-corrected chi connectivity index (χ1v) is 8.67. The van der Waals surface area contributed by atoms with E-state index in [-0.39, 0.29) is 18.8 Å². The summed E-state index contributed by atoms with van der Waals surface area (Å²) in [7, 11) is 0. The number of nitrogens with one attached hydrogen (secondary N) is 1. The predicted molar refractivity (Wildman–Crippen MR) is 91.7 cm³/mol. The van der Waals surface area contributed by atoms with Gasteiger partial charge in [0, 0.05) is 0 Å². The molecule has 0 fully saturated rings. The van der Waals surface area contributed by atoms with E-state index in [0.29, 0.717) is 11.7 Å². The molecule has 2 amide bonds. The Morgan fingerprint density at radius 3 is 2.60 bits per heavy atom. The number of ether oxygens (including phenoxy) is 2. The molecule has 2 aromatic rings. The summed E-state index contributed by atoms with van der Waals surface area (Å²) in [5.74, 6) is 0.848. The lowest BCUT2D eigenvalue weighted by molar-refractivity contribution is 0.0423. The lowest BCUT2D eigenvalue weighted by Gasteiger charge is -2.23. The smallest absolute Gasteiger partial charge is 0.429 e. The Hall–Kier alpha value is -2.55. The standard InChI is InChI=1S/C16H21N3O5S/c1-10(2)22-15(20)18-19(16(21)23-11(3)4)9-12-8-17-14(24-12)13-6-5-7-25-13/h5-8,10-11H,9H2,1-4H3,(H,18,20). The highest BCUT2D eigenvalue weighted by molar-refractivity contribution is 7.13. The molecule has 0 spiro atoms. The third kappa shape index (κ3) is 5.79. The summed E-state index contributed by atoms with van der Waals surface area (Å²) in [5.41, 5.74) is 2.36. The van der Waals surface area contributed by atoms with Crippen LogP contribution in [0.15, 0.2) is 28.1 Å². The van der Waals surface area contributed by atoms with Gasteiger partial charge in [-0.25, -0.2) is 25.0 Å². The molecule has 0 aromatic carbocycles.